The van der Waals surface area contributed by atoms with Gasteiger partial charge in [-0.1, -0.05) is 105 Å². The number of esters is 3. The van der Waals surface area contributed by atoms with E-state index in [4.69, 9.17) is 47.2 Å². The fourth-order valence-electron chi connectivity index (χ4n) is 14.0. The first-order valence-corrected chi connectivity index (χ1v) is 37.3. The molecule has 3 aromatic rings. The molecule has 0 bridgehead atoms. The van der Waals surface area contributed by atoms with Gasteiger partial charge in [0.1, 0.15) is 46.9 Å². The highest BCUT2D eigenvalue weighted by molar-refractivity contribution is 7.80. The molecule has 4 aliphatic rings. The number of benzene rings is 3. The number of unbranched alkanes of at least 4 members (excludes halogenated alkanes) is 9. The number of carbonyl (C=O) groups excluding carboxylic acids is 4. The van der Waals surface area contributed by atoms with Gasteiger partial charge in [-0.2, -0.15) is 8.42 Å². The second kappa shape index (κ2) is 38.9. The number of phenols is 7. The Kier molecular flexibility index (Phi) is 33.0. The number of hydrogen-bond acceptors (Lipinski definition) is 28. The maximum atomic E-state index is 14.2. The third kappa shape index (κ3) is 23.8. The zero-order chi connectivity index (χ0) is 78.1. The van der Waals surface area contributed by atoms with E-state index in [1.54, 1.807) is 48.5 Å². The van der Waals surface area contributed by atoms with Crippen molar-refractivity contribution in [1.82, 2.24) is 4.90 Å². The van der Waals surface area contributed by atoms with Crippen molar-refractivity contribution in [2.75, 3.05) is 27.8 Å². The summed E-state index contributed by atoms with van der Waals surface area (Å²) in [4.78, 5) is 55.6. The fraction of sp³-hybridized carbons (Fsp3) is 0.703. The number of fused-ring (bicyclic) bond motifs is 1. The van der Waals surface area contributed by atoms with Gasteiger partial charge in [0.2, 0.25) is 0 Å². The number of nitrogens with zero attached hydrogens (tertiary/aromatic N) is 1. The quantitative estimate of drug-likeness (QED) is 0.0131. The van der Waals surface area contributed by atoms with E-state index in [0.29, 0.717) is 18.4 Å². The number of carbonyl (C=O) groups is 4. The van der Waals surface area contributed by atoms with Crippen molar-refractivity contribution in [2.24, 2.45) is 23.7 Å². The van der Waals surface area contributed by atoms with Gasteiger partial charge in [0.05, 0.1) is 65.9 Å². The Morgan fingerprint density at radius 3 is 1.86 bits per heavy atom. The summed E-state index contributed by atoms with van der Waals surface area (Å²) < 4.78 is 88.0. The Hall–Kier alpha value is -6.39. The van der Waals surface area contributed by atoms with E-state index in [2.05, 4.69) is 11.1 Å². The first-order chi connectivity index (χ1) is 48.6. The van der Waals surface area contributed by atoms with Gasteiger partial charge < -0.3 is 104 Å². The zero-order valence-electron chi connectivity index (χ0n) is 62.6. The number of likely N-dealkylation sites (N-methyl/N-ethyl adjacent to an activating group) is 1. The molecular weight excluding hydrogens is 1380 g/mol. The zero-order valence-corrected chi connectivity index (χ0v) is 63.4. The number of aliphatic hydroxyl groups excluding tert-OH is 2. The van der Waals surface area contributed by atoms with Crippen LogP contribution in [0.2, 0.25) is 0 Å². The molecule has 7 rings (SSSR count). The molecule has 0 radical (unpaired) electrons. The highest BCUT2D eigenvalue weighted by Crippen LogP contribution is 2.46. The van der Waals surface area contributed by atoms with Crippen LogP contribution >= 0.6 is 0 Å². The van der Waals surface area contributed by atoms with E-state index in [0.717, 1.165) is 31.0 Å². The second-order valence-electron chi connectivity index (χ2n) is 29.0. The average molecular weight is 1500 g/mol. The van der Waals surface area contributed by atoms with Crippen molar-refractivity contribution in [1.29, 1.82) is 0 Å². The highest BCUT2D eigenvalue weighted by atomic mass is 32.3. The molecular formula is C74H115NO28S. The largest absolute Gasteiger partial charge is 0.508 e. The van der Waals surface area contributed by atoms with Crippen LogP contribution in [0.4, 0.5) is 0 Å². The Bertz CT molecular complexity index is 3360. The minimum absolute atomic E-state index is 0.0461. The molecule has 0 aliphatic carbocycles. The third-order valence-electron chi connectivity index (χ3n) is 20.1. The Morgan fingerprint density at radius 2 is 1.30 bits per heavy atom. The second-order valence-corrected chi connectivity index (χ2v) is 30.1. The van der Waals surface area contributed by atoms with Gasteiger partial charge in [-0.15, -0.1) is 0 Å². The van der Waals surface area contributed by atoms with Crippen LogP contribution in [-0.2, 0) is 73.3 Å². The molecule has 3 saturated heterocycles. The number of hydrogen-bond donors (Lipinski definition) is 12. The average Bonchev–Trinajstić information content (AvgIpc) is 0.781. The fourth-order valence-corrected chi connectivity index (χ4v) is 14.3. The van der Waals surface area contributed by atoms with Gasteiger partial charge in [0.25, 0.3) is 0 Å². The first kappa shape index (κ1) is 88.2. The number of rotatable bonds is 24. The van der Waals surface area contributed by atoms with Crippen LogP contribution in [0.25, 0.3) is 0 Å². The molecule has 20 unspecified atom stereocenters. The summed E-state index contributed by atoms with van der Waals surface area (Å²) in [7, 11) is 0.973. The standard InChI is InChI=1S/C40H71NO14.C22H18O10.C12H26O4S/c1-15-27-40(11,48)33(44)22(5)30(43)20(3)18-38(9,47)35(55-37-32(53-28(42)16-2)26(41(12)13)17-21(4)50-37)23(6)31(24(7)36(46)52-27)54-29-19-39(10,49-14)34(45)25(8)51-29;23-11-6-14(25)12-8-19(32-22(30)10-4-16(27)20(29)17(28)5-10)21(31-18(12)7-11)9-1-2-13(24)15(26)3-9;1-2-3-4-5-6-7-8-9-10-11-12-16-17(13,14)15/h20-27,29,31-35,37,44-45,47-48H,15-19H2,1-14H3;1-7,19,21,23-29H,8H2;2-12H2,1H3,(H,13,14,15). The minimum Gasteiger partial charge on any atom is -0.508 e. The van der Waals surface area contributed by atoms with Gasteiger partial charge >= 0.3 is 28.3 Å². The maximum absolute atomic E-state index is 14.2. The normalized spacial score (nSPS) is 32.0. The molecule has 0 saturated carbocycles. The van der Waals surface area contributed by atoms with E-state index in [1.165, 1.54) is 97.1 Å². The Labute approximate surface area is 610 Å². The molecule has 590 valence electrons. The van der Waals surface area contributed by atoms with Gasteiger partial charge in [-0.05, 0) is 106 Å². The summed E-state index contributed by atoms with van der Waals surface area (Å²) >= 11 is 0. The van der Waals surface area contributed by atoms with Crippen molar-refractivity contribution in [2.45, 2.75) is 282 Å². The molecule has 4 aliphatic heterocycles. The van der Waals surface area contributed by atoms with Crippen molar-refractivity contribution in [3.8, 4) is 46.0 Å². The van der Waals surface area contributed by atoms with Crippen LogP contribution in [0.15, 0.2) is 42.5 Å². The maximum Gasteiger partial charge on any atom is 0.397 e. The monoisotopic (exact) mass is 1500 g/mol. The van der Waals surface area contributed by atoms with E-state index in [-0.39, 0.29) is 85.0 Å². The van der Waals surface area contributed by atoms with E-state index in [1.807, 2.05) is 25.9 Å². The number of phenolic OH excluding ortho intramolecular Hbond substituents is 7. The summed E-state index contributed by atoms with van der Waals surface area (Å²) in [6.45, 7) is 20.3. The third-order valence-corrected chi connectivity index (χ3v) is 20.6. The lowest BCUT2D eigenvalue weighted by atomic mass is 9.74. The van der Waals surface area contributed by atoms with Crippen LogP contribution in [0.3, 0.4) is 0 Å². The van der Waals surface area contributed by atoms with Crippen molar-refractivity contribution >= 4 is 34.1 Å². The number of aromatic hydroxyl groups is 7. The van der Waals surface area contributed by atoms with Gasteiger partial charge in [0, 0.05) is 67.4 Å². The van der Waals surface area contributed by atoms with Crippen LogP contribution in [0, 0.1) is 23.7 Å². The molecule has 0 amide bonds. The Morgan fingerprint density at radius 1 is 0.692 bits per heavy atom. The number of ketones is 1. The predicted molar refractivity (Wildman–Crippen MR) is 377 cm³/mol. The van der Waals surface area contributed by atoms with Crippen LogP contribution in [-0.4, -0.2) is 216 Å². The number of methoxy groups -OCH3 is 1. The predicted octanol–water partition coefficient (Wildman–Crippen LogP) is 9.00. The van der Waals surface area contributed by atoms with E-state index < -0.39 is 165 Å². The van der Waals surface area contributed by atoms with E-state index in [9.17, 15) is 83.8 Å². The van der Waals surface area contributed by atoms with Crippen LogP contribution in [0.5, 0.6) is 46.0 Å². The summed E-state index contributed by atoms with van der Waals surface area (Å²) in [5.41, 5.74) is -4.60. The molecule has 3 fully saturated rings. The number of cyclic esters (lactones) is 1. The summed E-state index contributed by atoms with van der Waals surface area (Å²) in [5.74, 6) is -10.0. The molecule has 20 atom stereocenters. The molecule has 4 heterocycles. The van der Waals surface area contributed by atoms with Gasteiger partial charge in [-0.25, -0.2) is 8.98 Å². The molecule has 30 heteroatoms. The lowest BCUT2D eigenvalue weighted by molar-refractivity contribution is -0.319. The lowest BCUT2D eigenvalue weighted by Crippen LogP contribution is -2.61. The molecule has 3 aromatic carbocycles. The molecule has 0 aromatic heterocycles. The summed E-state index contributed by atoms with van der Waals surface area (Å²) in [5, 5.41) is 115. The summed E-state index contributed by atoms with van der Waals surface area (Å²) in [6, 6.07) is 7.75. The van der Waals surface area contributed by atoms with E-state index >= 15 is 0 Å². The smallest absolute Gasteiger partial charge is 0.397 e. The van der Waals surface area contributed by atoms with Gasteiger partial charge in [-0.3, -0.25) is 18.9 Å². The topological polar surface area (TPSA) is 441 Å². The highest BCUT2D eigenvalue weighted by Gasteiger charge is 2.54. The van der Waals surface area contributed by atoms with Crippen LogP contribution in [0.1, 0.15) is 207 Å². The minimum atomic E-state index is -4.23. The number of ether oxygens (including phenoxy) is 9. The molecule has 104 heavy (non-hydrogen) atoms. The number of Topliss-reactive ketones (excluding diaryl/α,β-unsaturated/α-hetero) is 1. The SMILES string of the molecule is CCC(=O)OC1C(OC2C(C)C(OC3CC(C)(OC)C(O)C(C)O3)C(C)C(=O)OC(CC)C(C)(O)C(O)C(C)C(=O)C(C)CC2(C)O)OC(C)CC1N(C)C.CCCCCCCCCCCCOS(=O)(=O)O.O=C(OC1Cc2c(O)cc(O)cc2OC1c1ccc(O)c(O)c1)c1cc(O)c(O)c(O)c1. The first-order valence-electron chi connectivity index (χ1n) is 35.9. The number of aliphatic hydroxyl groups is 4. The van der Waals surface area contributed by atoms with Gasteiger partial charge in [0.15, 0.2) is 53.5 Å². The van der Waals surface area contributed by atoms with Crippen molar-refractivity contribution in [3.63, 3.8) is 0 Å². The summed E-state index contributed by atoms with van der Waals surface area (Å²) in [6.07, 6.45) is 0.0480. The van der Waals surface area contributed by atoms with Crippen molar-refractivity contribution < 1.29 is 135 Å². The molecule has 0 spiro atoms. The lowest BCUT2D eigenvalue weighted by Gasteiger charge is -2.49. The van der Waals surface area contributed by atoms with Crippen molar-refractivity contribution in [3.05, 3.63) is 59.2 Å². The molecule has 12 N–H and O–H groups in total. The van der Waals surface area contributed by atoms with Crippen LogP contribution < -0.4 is 4.74 Å². The Balaban J connectivity index is 0.000000330. The molecule has 29 nitrogen and oxygen atoms in total.